The summed E-state index contributed by atoms with van der Waals surface area (Å²) in [6.07, 6.45) is 13.5. The van der Waals surface area contributed by atoms with Crippen LogP contribution < -0.4 is 0 Å². The molecule has 0 bridgehead atoms. The summed E-state index contributed by atoms with van der Waals surface area (Å²) in [5.41, 5.74) is 0. The lowest BCUT2D eigenvalue weighted by molar-refractivity contribution is 1.39. The Labute approximate surface area is 66.0 Å². The molecule has 0 atom stereocenters. The summed E-state index contributed by atoms with van der Waals surface area (Å²) in [6.45, 7) is 0. The lowest BCUT2D eigenvalue weighted by Crippen LogP contribution is -1.58. The zero-order valence-electron chi connectivity index (χ0n) is 5.73. The highest BCUT2D eigenvalue weighted by Gasteiger charge is 1.72. The van der Waals surface area contributed by atoms with Crippen molar-refractivity contribution in [2.75, 3.05) is 0 Å². The van der Waals surface area contributed by atoms with Crippen molar-refractivity contribution in [3.63, 3.8) is 0 Å². The van der Waals surface area contributed by atoms with Crippen molar-refractivity contribution in [2.45, 2.75) is 6.42 Å². The summed E-state index contributed by atoms with van der Waals surface area (Å²) >= 11 is 1.69. The van der Waals surface area contributed by atoms with Crippen molar-refractivity contribution in [3.8, 4) is 0 Å². The second kappa shape index (κ2) is 5.12. The van der Waals surface area contributed by atoms with Gasteiger partial charge in [-0.1, -0.05) is 36.5 Å². The van der Waals surface area contributed by atoms with E-state index < -0.39 is 0 Å². The van der Waals surface area contributed by atoms with E-state index in [1.54, 1.807) is 11.8 Å². The summed E-state index contributed by atoms with van der Waals surface area (Å²) in [5, 5.41) is 4.12. The zero-order chi connectivity index (χ0) is 7.07. The third kappa shape index (κ3) is 3.36. The fraction of sp³-hybridized carbons (Fsp3) is 0.111. The SMILES string of the molecule is C1=CC/C=C/C=C\S/C=C/1. The quantitative estimate of drug-likeness (QED) is 0.510. The predicted octanol–water partition coefficient (Wildman–Crippen LogP) is 3.26. The van der Waals surface area contributed by atoms with E-state index in [1.165, 1.54) is 0 Å². The van der Waals surface area contributed by atoms with E-state index in [1.807, 2.05) is 12.2 Å². The van der Waals surface area contributed by atoms with Gasteiger partial charge in [-0.25, -0.2) is 0 Å². The van der Waals surface area contributed by atoms with Crippen LogP contribution in [0.2, 0.25) is 0 Å². The first-order chi connectivity index (χ1) is 5.00. The van der Waals surface area contributed by atoms with Gasteiger partial charge in [-0.3, -0.25) is 0 Å². The van der Waals surface area contributed by atoms with Crippen LogP contribution in [-0.2, 0) is 0 Å². The monoisotopic (exact) mass is 150 g/mol. The van der Waals surface area contributed by atoms with Gasteiger partial charge in [0.15, 0.2) is 0 Å². The van der Waals surface area contributed by atoms with Crippen molar-refractivity contribution >= 4 is 11.8 Å². The molecule has 0 nitrogen and oxygen atoms in total. The number of allylic oxidation sites excluding steroid dienone is 6. The maximum Gasteiger partial charge on any atom is -0.0163 e. The Morgan fingerprint density at radius 3 is 2.00 bits per heavy atom. The molecular formula is C9H10S. The highest BCUT2D eigenvalue weighted by molar-refractivity contribution is 8.04. The Bertz CT molecular complexity index is 143. The molecule has 1 rings (SSSR count). The van der Waals surface area contributed by atoms with Crippen LogP contribution >= 0.6 is 11.8 Å². The molecule has 0 fully saturated rings. The number of rotatable bonds is 0. The van der Waals surface area contributed by atoms with Crippen LogP contribution in [0.25, 0.3) is 0 Å². The van der Waals surface area contributed by atoms with Crippen LogP contribution in [0.1, 0.15) is 6.42 Å². The van der Waals surface area contributed by atoms with Crippen molar-refractivity contribution < 1.29 is 0 Å². The van der Waals surface area contributed by atoms with Crippen LogP contribution in [0.5, 0.6) is 0 Å². The molecule has 0 spiro atoms. The molecule has 0 N–H and O–H groups in total. The summed E-state index contributed by atoms with van der Waals surface area (Å²) in [5.74, 6) is 0. The van der Waals surface area contributed by atoms with E-state index in [2.05, 4.69) is 35.1 Å². The fourth-order valence-electron chi connectivity index (χ4n) is 0.620. The van der Waals surface area contributed by atoms with Gasteiger partial charge in [0.2, 0.25) is 0 Å². The van der Waals surface area contributed by atoms with Gasteiger partial charge in [-0.05, 0) is 17.2 Å². The third-order valence-electron chi connectivity index (χ3n) is 1.08. The highest BCUT2D eigenvalue weighted by Crippen LogP contribution is 2.05. The second-order valence-corrected chi connectivity index (χ2v) is 2.70. The minimum atomic E-state index is 1.03. The van der Waals surface area contributed by atoms with Gasteiger partial charge < -0.3 is 0 Å². The van der Waals surface area contributed by atoms with Gasteiger partial charge >= 0.3 is 0 Å². The maximum atomic E-state index is 2.13. The van der Waals surface area contributed by atoms with Gasteiger partial charge in [0, 0.05) is 0 Å². The van der Waals surface area contributed by atoms with Gasteiger partial charge in [-0.15, -0.1) is 11.8 Å². The topological polar surface area (TPSA) is 0 Å². The maximum absolute atomic E-state index is 2.13. The molecule has 0 aromatic rings. The van der Waals surface area contributed by atoms with Crippen molar-refractivity contribution in [1.82, 2.24) is 0 Å². The molecule has 0 unspecified atom stereocenters. The lowest BCUT2D eigenvalue weighted by atomic mass is 10.3. The Kier molecular flexibility index (Phi) is 3.80. The van der Waals surface area contributed by atoms with E-state index in [4.69, 9.17) is 0 Å². The molecule has 1 aliphatic rings. The van der Waals surface area contributed by atoms with E-state index in [0.29, 0.717) is 0 Å². The fourth-order valence-corrected chi connectivity index (χ4v) is 1.07. The van der Waals surface area contributed by atoms with E-state index >= 15 is 0 Å². The standard InChI is InChI=1S/C9H10S/c1-2-4-6-8-10-9-7-5-3-1/h2-9H,1H2/b4-2+,5-3?,8-6-,9-7+. The smallest absolute Gasteiger partial charge is 0.0163 e. The predicted molar refractivity (Wildman–Crippen MR) is 48.8 cm³/mol. The van der Waals surface area contributed by atoms with Crippen LogP contribution in [0.15, 0.2) is 47.3 Å². The number of hydrogen-bond acceptors (Lipinski definition) is 1. The molecule has 1 heteroatoms. The first-order valence-corrected chi connectivity index (χ1v) is 4.23. The van der Waals surface area contributed by atoms with Crippen LogP contribution in [-0.4, -0.2) is 0 Å². The molecule has 10 heavy (non-hydrogen) atoms. The van der Waals surface area contributed by atoms with Crippen molar-refractivity contribution in [2.24, 2.45) is 0 Å². The number of thioether (sulfide) groups is 1. The molecule has 0 aliphatic carbocycles. The first-order valence-electron chi connectivity index (χ1n) is 3.29. The summed E-state index contributed by atoms with van der Waals surface area (Å²) in [7, 11) is 0. The van der Waals surface area contributed by atoms with E-state index in [0.717, 1.165) is 6.42 Å². The van der Waals surface area contributed by atoms with Crippen LogP contribution in [0, 0.1) is 0 Å². The molecule has 52 valence electrons. The Morgan fingerprint density at radius 2 is 1.40 bits per heavy atom. The minimum Gasteiger partial charge on any atom is -0.106 e. The first kappa shape index (κ1) is 7.42. The number of hydrogen-bond donors (Lipinski definition) is 0. The average molecular weight is 150 g/mol. The minimum absolute atomic E-state index is 1.03. The molecule has 0 radical (unpaired) electrons. The van der Waals surface area contributed by atoms with E-state index in [-0.39, 0.29) is 0 Å². The normalized spacial score (nSPS) is 27.2. The zero-order valence-corrected chi connectivity index (χ0v) is 6.55. The molecule has 1 aliphatic heterocycles. The van der Waals surface area contributed by atoms with Gasteiger partial charge in [-0.2, -0.15) is 0 Å². The van der Waals surface area contributed by atoms with Gasteiger partial charge in [0.25, 0.3) is 0 Å². The molecule has 1 heterocycles. The molecule has 0 amide bonds. The summed E-state index contributed by atoms with van der Waals surface area (Å²) < 4.78 is 0. The van der Waals surface area contributed by atoms with Crippen molar-refractivity contribution in [3.05, 3.63) is 47.3 Å². The largest absolute Gasteiger partial charge is 0.106 e. The lowest BCUT2D eigenvalue weighted by Gasteiger charge is -1.83. The van der Waals surface area contributed by atoms with Gasteiger partial charge in [0.05, 0.1) is 0 Å². The Balaban J connectivity index is 2.50. The summed E-state index contributed by atoms with van der Waals surface area (Å²) in [4.78, 5) is 0. The molecule has 0 saturated carbocycles. The van der Waals surface area contributed by atoms with E-state index in [9.17, 15) is 0 Å². The average Bonchev–Trinajstić information content (AvgIpc) is 2.01. The summed E-state index contributed by atoms with van der Waals surface area (Å²) in [6, 6.07) is 0. The molecule has 0 aromatic heterocycles. The molecule has 0 saturated heterocycles. The second-order valence-electron chi connectivity index (χ2n) is 1.89. The van der Waals surface area contributed by atoms with Gasteiger partial charge in [0.1, 0.15) is 0 Å². The third-order valence-corrected chi connectivity index (χ3v) is 1.71. The van der Waals surface area contributed by atoms with Crippen LogP contribution in [0.3, 0.4) is 0 Å². The Hall–Kier alpha value is -0.690. The van der Waals surface area contributed by atoms with Crippen molar-refractivity contribution in [1.29, 1.82) is 0 Å². The molecule has 0 aromatic carbocycles. The molecular weight excluding hydrogens is 140 g/mol. The highest BCUT2D eigenvalue weighted by atomic mass is 32.2. The Morgan fingerprint density at radius 1 is 0.800 bits per heavy atom. The van der Waals surface area contributed by atoms with Crippen LogP contribution in [0.4, 0.5) is 0 Å².